The van der Waals surface area contributed by atoms with Crippen LogP contribution in [0.1, 0.15) is 32.1 Å². The number of nitrogens with zero attached hydrogens (tertiary/aromatic N) is 1. The third-order valence-electron chi connectivity index (χ3n) is 3.64. The number of aliphatic hydroxyl groups excluding tert-OH is 1. The van der Waals surface area contributed by atoms with Gasteiger partial charge in [-0.25, -0.2) is 0 Å². The quantitative estimate of drug-likeness (QED) is 0.866. The van der Waals surface area contributed by atoms with Crippen molar-refractivity contribution in [2.24, 2.45) is 5.41 Å². The van der Waals surface area contributed by atoms with E-state index in [0.29, 0.717) is 13.0 Å². The van der Waals surface area contributed by atoms with Crippen LogP contribution in [0.25, 0.3) is 0 Å². The van der Waals surface area contributed by atoms with Gasteiger partial charge in [-0.15, -0.1) is 17.8 Å². The Labute approximate surface area is 130 Å². The van der Waals surface area contributed by atoms with Crippen molar-refractivity contribution < 1.29 is 9.90 Å². The Balaban J connectivity index is 2.21. The number of aliphatic hydroxyl groups is 1. The summed E-state index contributed by atoms with van der Waals surface area (Å²) < 4.78 is 0. The Bertz CT molecular complexity index is 587. The number of hydrogen-bond acceptors (Lipinski definition) is 3. The van der Waals surface area contributed by atoms with Gasteiger partial charge in [0.05, 0.1) is 6.04 Å². The third-order valence-corrected chi connectivity index (χ3v) is 4.54. The van der Waals surface area contributed by atoms with Gasteiger partial charge in [-0.2, -0.15) is 0 Å². The van der Waals surface area contributed by atoms with Crippen molar-refractivity contribution in [3.8, 4) is 12.3 Å². The molecule has 0 fully saturated rings. The van der Waals surface area contributed by atoms with Crippen LogP contribution in [0.2, 0.25) is 0 Å². The van der Waals surface area contributed by atoms with E-state index in [1.165, 1.54) is 0 Å². The van der Waals surface area contributed by atoms with Crippen LogP contribution in [-0.4, -0.2) is 28.5 Å². The molecule has 0 saturated carbocycles. The molecule has 0 bridgehead atoms. The second-order valence-corrected chi connectivity index (χ2v) is 7.55. The summed E-state index contributed by atoms with van der Waals surface area (Å²) in [6.07, 6.45) is 6.86. The van der Waals surface area contributed by atoms with E-state index in [9.17, 15) is 9.90 Å². The number of amides is 1. The molecule has 1 aromatic heterocycles. The van der Waals surface area contributed by atoms with E-state index in [1.54, 1.807) is 16.2 Å². The van der Waals surface area contributed by atoms with Gasteiger partial charge in [0.15, 0.2) is 0 Å². The second kappa shape index (κ2) is 5.95. The van der Waals surface area contributed by atoms with E-state index in [2.05, 4.69) is 26.7 Å². The number of carbonyl (C=O) groups excluding carboxylic acids is 1. The van der Waals surface area contributed by atoms with Crippen LogP contribution in [0.4, 0.5) is 0 Å². The first-order valence-electron chi connectivity index (χ1n) is 7.06. The number of rotatable bonds is 4. The molecule has 1 aromatic rings. The van der Waals surface area contributed by atoms with Gasteiger partial charge < -0.3 is 10.0 Å². The minimum Gasteiger partial charge on any atom is -0.509 e. The lowest BCUT2D eigenvalue weighted by Gasteiger charge is -2.28. The van der Waals surface area contributed by atoms with Crippen molar-refractivity contribution in [3.05, 3.63) is 33.7 Å². The van der Waals surface area contributed by atoms with E-state index in [1.807, 2.05) is 17.5 Å². The molecule has 0 aliphatic carbocycles. The molecule has 112 valence electrons. The molecule has 0 spiro atoms. The zero-order valence-electron chi connectivity index (χ0n) is 12.7. The smallest absolute Gasteiger partial charge is 0.266 e. The molecule has 1 amide bonds. The number of thiophene rings is 1. The molecule has 1 atom stereocenters. The highest BCUT2D eigenvalue weighted by atomic mass is 32.1. The van der Waals surface area contributed by atoms with Crippen molar-refractivity contribution >= 4 is 17.2 Å². The Morgan fingerprint density at radius 1 is 1.48 bits per heavy atom. The first kappa shape index (κ1) is 15.7. The summed E-state index contributed by atoms with van der Waals surface area (Å²) in [5, 5.41) is 12.3. The maximum Gasteiger partial charge on any atom is 0.266 e. The molecule has 0 saturated heterocycles. The van der Waals surface area contributed by atoms with Gasteiger partial charge in [0, 0.05) is 17.8 Å². The highest BCUT2D eigenvalue weighted by Gasteiger charge is 2.39. The predicted octanol–water partition coefficient (Wildman–Crippen LogP) is 3.38. The van der Waals surface area contributed by atoms with Crippen LogP contribution in [0.5, 0.6) is 0 Å². The Hall–Kier alpha value is -1.73. The normalized spacial score (nSPS) is 19.2. The van der Waals surface area contributed by atoms with E-state index in [0.717, 1.165) is 11.3 Å². The van der Waals surface area contributed by atoms with E-state index < -0.39 is 0 Å². The lowest BCUT2D eigenvalue weighted by molar-refractivity contribution is -0.127. The second-order valence-electron chi connectivity index (χ2n) is 6.51. The molecule has 3 nitrogen and oxygen atoms in total. The monoisotopic (exact) mass is 303 g/mol. The molecular weight excluding hydrogens is 282 g/mol. The van der Waals surface area contributed by atoms with E-state index in [4.69, 9.17) is 6.42 Å². The lowest BCUT2D eigenvalue weighted by atomic mass is 9.92. The zero-order chi connectivity index (χ0) is 15.6. The van der Waals surface area contributed by atoms with Crippen LogP contribution in [0.3, 0.4) is 0 Å². The average Bonchev–Trinajstić information content (AvgIpc) is 2.96. The fourth-order valence-corrected chi connectivity index (χ4v) is 3.13. The maximum absolute atomic E-state index is 12.4. The third kappa shape index (κ3) is 3.48. The Morgan fingerprint density at radius 3 is 2.71 bits per heavy atom. The maximum atomic E-state index is 12.4. The molecule has 1 unspecified atom stereocenters. The average molecular weight is 303 g/mol. The minimum absolute atomic E-state index is 0.0461. The van der Waals surface area contributed by atoms with E-state index >= 15 is 0 Å². The number of hydrogen-bond donors (Lipinski definition) is 1. The SMILES string of the molecule is C#CC1=C(O)C(Cc2cccs2)N(CCC(C)(C)C)C1=O. The van der Waals surface area contributed by atoms with Gasteiger partial charge in [0.1, 0.15) is 11.3 Å². The molecule has 0 aromatic carbocycles. The van der Waals surface area contributed by atoms with E-state index in [-0.39, 0.29) is 28.7 Å². The van der Waals surface area contributed by atoms with Crippen LogP contribution in [-0.2, 0) is 11.2 Å². The summed E-state index contributed by atoms with van der Waals surface area (Å²) in [6.45, 7) is 7.01. The fraction of sp³-hybridized carbons (Fsp3) is 0.471. The minimum atomic E-state index is -0.329. The Kier molecular flexibility index (Phi) is 4.43. The molecule has 1 aliphatic rings. The standard InChI is InChI=1S/C17H21NO2S/c1-5-13-15(19)14(11-12-7-6-10-21-12)18(16(13)20)9-8-17(2,3)4/h1,6-7,10,14,19H,8-9,11H2,2-4H3. The summed E-state index contributed by atoms with van der Waals surface area (Å²) in [5.41, 5.74) is 0.243. The largest absolute Gasteiger partial charge is 0.509 e. The summed E-state index contributed by atoms with van der Waals surface area (Å²) >= 11 is 1.62. The highest BCUT2D eigenvalue weighted by Crippen LogP contribution is 2.30. The summed E-state index contributed by atoms with van der Waals surface area (Å²) in [6, 6.07) is 3.65. The van der Waals surface area contributed by atoms with Gasteiger partial charge in [0.25, 0.3) is 5.91 Å². The van der Waals surface area contributed by atoms with Crippen LogP contribution >= 0.6 is 11.3 Å². The molecule has 21 heavy (non-hydrogen) atoms. The fourth-order valence-electron chi connectivity index (χ4n) is 2.38. The van der Waals surface area contributed by atoms with Crippen molar-refractivity contribution in [2.75, 3.05) is 6.54 Å². The molecule has 2 rings (SSSR count). The summed E-state index contributed by atoms with van der Waals surface area (Å²) in [5.74, 6) is 2.17. The van der Waals surface area contributed by atoms with Gasteiger partial charge in [-0.3, -0.25) is 4.79 Å². The predicted molar refractivity (Wildman–Crippen MR) is 86.1 cm³/mol. The number of terminal acetylenes is 1. The Morgan fingerprint density at radius 2 is 2.19 bits per heavy atom. The van der Waals surface area contributed by atoms with Crippen molar-refractivity contribution in [3.63, 3.8) is 0 Å². The van der Waals surface area contributed by atoms with Crippen molar-refractivity contribution in [1.29, 1.82) is 0 Å². The summed E-state index contributed by atoms with van der Waals surface area (Å²) in [4.78, 5) is 15.2. The van der Waals surface area contributed by atoms with Crippen LogP contribution in [0.15, 0.2) is 28.8 Å². The molecule has 4 heteroatoms. The molecule has 1 N–H and O–H groups in total. The molecule has 1 aliphatic heterocycles. The number of carbonyl (C=O) groups is 1. The zero-order valence-corrected chi connectivity index (χ0v) is 13.5. The molecular formula is C17H21NO2S. The first-order valence-corrected chi connectivity index (χ1v) is 7.94. The van der Waals surface area contributed by atoms with Crippen molar-refractivity contribution in [1.82, 2.24) is 4.90 Å². The van der Waals surface area contributed by atoms with Gasteiger partial charge >= 0.3 is 0 Å². The topological polar surface area (TPSA) is 40.5 Å². The van der Waals surface area contributed by atoms with Gasteiger partial charge in [-0.05, 0) is 23.3 Å². The lowest BCUT2D eigenvalue weighted by Crippen LogP contribution is -2.39. The van der Waals surface area contributed by atoms with Gasteiger partial charge in [0.2, 0.25) is 0 Å². The highest BCUT2D eigenvalue weighted by molar-refractivity contribution is 7.09. The summed E-state index contributed by atoms with van der Waals surface area (Å²) in [7, 11) is 0. The molecule has 0 radical (unpaired) electrons. The molecule has 2 heterocycles. The van der Waals surface area contributed by atoms with Gasteiger partial charge in [-0.1, -0.05) is 32.8 Å². The van der Waals surface area contributed by atoms with Crippen LogP contribution in [0, 0.1) is 17.8 Å². The van der Waals surface area contributed by atoms with Crippen molar-refractivity contribution in [2.45, 2.75) is 39.7 Å². The first-order chi connectivity index (χ1) is 9.83. The van der Waals surface area contributed by atoms with Crippen LogP contribution < -0.4 is 0 Å².